The van der Waals surface area contributed by atoms with E-state index in [-0.39, 0.29) is 12.2 Å². The molecule has 0 aromatic carbocycles. The van der Waals surface area contributed by atoms with Crippen LogP contribution in [0.4, 0.5) is 13.2 Å². The van der Waals surface area contributed by atoms with Crippen LogP contribution >= 0.6 is 0 Å². The van der Waals surface area contributed by atoms with Crippen molar-refractivity contribution in [1.29, 1.82) is 5.26 Å². The lowest BCUT2D eigenvalue weighted by Crippen LogP contribution is -2.22. The smallest absolute Gasteiger partial charge is 0.311 e. The van der Waals surface area contributed by atoms with Crippen molar-refractivity contribution in [3.05, 3.63) is 63.8 Å². The molecule has 20 heavy (non-hydrogen) atoms. The third-order valence-electron chi connectivity index (χ3n) is 2.60. The van der Waals surface area contributed by atoms with Crippen molar-refractivity contribution >= 4 is 0 Å². The lowest BCUT2D eigenvalue weighted by Gasteiger charge is -2.10. The number of hydrogen-bond acceptors (Lipinski definition) is 3. The van der Waals surface area contributed by atoms with E-state index >= 15 is 0 Å². The Hall–Kier alpha value is -2.62. The van der Waals surface area contributed by atoms with Gasteiger partial charge in [0.2, 0.25) is 0 Å². The summed E-state index contributed by atoms with van der Waals surface area (Å²) in [4.78, 5) is 15.3. The predicted molar refractivity (Wildman–Crippen MR) is 63.8 cm³/mol. The number of aromatic nitrogens is 2. The minimum atomic E-state index is -4.51. The molecule has 0 atom stereocenters. The Bertz CT molecular complexity index is 729. The molecule has 0 saturated carbocycles. The van der Waals surface area contributed by atoms with Crippen LogP contribution in [0.25, 0.3) is 0 Å². The molecule has 0 fully saturated rings. The zero-order chi connectivity index (χ0) is 14.8. The summed E-state index contributed by atoms with van der Waals surface area (Å²) in [6, 6.07) is 6.40. The van der Waals surface area contributed by atoms with Crippen molar-refractivity contribution in [2.24, 2.45) is 0 Å². The fraction of sp³-hybridized carbons (Fsp3) is 0.154. The van der Waals surface area contributed by atoms with E-state index in [2.05, 4.69) is 4.98 Å². The fourth-order valence-corrected chi connectivity index (χ4v) is 1.65. The molecule has 0 bridgehead atoms. The molecule has 0 radical (unpaired) electrons. The van der Waals surface area contributed by atoms with E-state index in [1.165, 1.54) is 18.3 Å². The molecule has 2 heterocycles. The van der Waals surface area contributed by atoms with Gasteiger partial charge in [-0.3, -0.25) is 4.79 Å². The molecular formula is C13H8F3N3O. The van der Waals surface area contributed by atoms with E-state index in [0.29, 0.717) is 5.56 Å². The third kappa shape index (κ3) is 3.03. The number of pyridine rings is 2. The maximum atomic E-state index is 12.6. The normalized spacial score (nSPS) is 11.1. The van der Waals surface area contributed by atoms with Gasteiger partial charge in [0.1, 0.15) is 11.8 Å². The minimum absolute atomic E-state index is 0.0556. The van der Waals surface area contributed by atoms with Gasteiger partial charge >= 0.3 is 6.18 Å². The molecule has 0 spiro atoms. The lowest BCUT2D eigenvalue weighted by molar-refractivity contribution is -0.138. The maximum Gasteiger partial charge on any atom is 0.417 e. The summed E-state index contributed by atoms with van der Waals surface area (Å²) < 4.78 is 38.7. The second kappa shape index (κ2) is 5.17. The van der Waals surface area contributed by atoms with Gasteiger partial charge in [-0.25, -0.2) is 4.98 Å². The summed E-state index contributed by atoms with van der Waals surface area (Å²) in [6.07, 6.45) is -2.38. The van der Waals surface area contributed by atoms with Crippen LogP contribution in [0.2, 0.25) is 0 Å². The van der Waals surface area contributed by atoms with Crippen LogP contribution in [0.5, 0.6) is 0 Å². The molecule has 2 aromatic heterocycles. The molecule has 0 aliphatic rings. The van der Waals surface area contributed by atoms with Crippen molar-refractivity contribution in [1.82, 2.24) is 9.55 Å². The standard InChI is InChI=1S/C13H8F3N3O/c14-13(15,16)10-1-2-12(20)19(8-10)7-9-3-4-18-11(5-9)6-17/h1-5,8H,7H2. The van der Waals surface area contributed by atoms with Gasteiger partial charge in [-0.15, -0.1) is 0 Å². The first-order valence-electron chi connectivity index (χ1n) is 5.53. The van der Waals surface area contributed by atoms with E-state index < -0.39 is 17.3 Å². The van der Waals surface area contributed by atoms with Crippen LogP contribution in [-0.4, -0.2) is 9.55 Å². The Morgan fingerprint density at radius 2 is 2.05 bits per heavy atom. The molecule has 0 aliphatic heterocycles. The highest BCUT2D eigenvalue weighted by molar-refractivity contribution is 5.26. The summed E-state index contributed by atoms with van der Waals surface area (Å²) in [5.41, 5.74) is -0.777. The molecule has 0 unspecified atom stereocenters. The number of hydrogen-bond donors (Lipinski definition) is 0. The van der Waals surface area contributed by atoms with Gasteiger partial charge in [-0.2, -0.15) is 18.4 Å². The van der Waals surface area contributed by atoms with E-state index in [4.69, 9.17) is 5.26 Å². The van der Waals surface area contributed by atoms with Gasteiger partial charge in [0.05, 0.1) is 12.1 Å². The highest BCUT2D eigenvalue weighted by atomic mass is 19.4. The number of nitrogens with zero attached hydrogens (tertiary/aromatic N) is 3. The van der Waals surface area contributed by atoms with Crippen molar-refractivity contribution in [3.63, 3.8) is 0 Å². The molecular weight excluding hydrogens is 271 g/mol. The summed E-state index contributed by atoms with van der Waals surface area (Å²) in [5, 5.41) is 8.70. The van der Waals surface area contributed by atoms with E-state index in [9.17, 15) is 18.0 Å². The Morgan fingerprint density at radius 1 is 1.30 bits per heavy atom. The van der Waals surface area contributed by atoms with Gasteiger partial charge in [-0.05, 0) is 23.8 Å². The first-order chi connectivity index (χ1) is 9.40. The van der Waals surface area contributed by atoms with Crippen LogP contribution in [0, 0.1) is 11.3 Å². The summed E-state index contributed by atoms with van der Waals surface area (Å²) in [7, 11) is 0. The lowest BCUT2D eigenvalue weighted by atomic mass is 10.2. The summed E-state index contributed by atoms with van der Waals surface area (Å²) in [6.45, 7) is -0.0556. The van der Waals surface area contributed by atoms with Crippen LogP contribution in [0.3, 0.4) is 0 Å². The molecule has 2 aromatic rings. The first kappa shape index (κ1) is 13.8. The first-order valence-corrected chi connectivity index (χ1v) is 5.53. The molecule has 0 N–H and O–H groups in total. The number of alkyl halides is 3. The van der Waals surface area contributed by atoms with Crippen LogP contribution < -0.4 is 5.56 Å². The number of nitriles is 1. The molecule has 7 heteroatoms. The van der Waals surface area contributed by atoms with Crippen molar-refractivity contribution in [3.8, 4) is 6.07 Å². The van der Waals surface area contributed by atoms with E-state index in [0.717, 1.165) is 22.9 Å². The largest absolute Gasteiger partial charge is 0.417 e. The number of rotatable bonds is 2. The monoisotopic (exact) mass is 279 g/mol. The second-order valence-electron chi connectivity index (χ2n) is 4.04. The van der Waals surface area contributed by atoms with Gasteiger partial charge in [-0.1, -0.05) is 0 Å². The topological polar surface area (TPSA) is 58.7 Å². The molecule has 102 valence electrons. The van der Waals surface area contributed by atoms with Gasteiger partial charge < -0.3 is 4.57 Å². The Labute approximate surface area is 111 Å². The van der Waals surface area contributed by atoms with E-state index in [1.54, 1.807) is 0 Å². The quantitative estimate of drug-likeness (QED) is 0.846. The van der Waals surface area contributed by atoms with Gasteiger partial charge in [0.25, 0.3) is 5.56 Å². The van der Waals surface area contributed by atoms with Crippen LogP contribution in [-0.2, 0) is 12.7 Å². The highest BCUT2D eigenvalue weighted by Crippen LogP contribution is 2.28. The van der Waals surface area contributed by atoms with Crippen molar-refractivity contribution < 1.29 is 13.2 Å². The Kier molecular flexibility index (Phi) is 3.57. The molecule has 2 rings (SSSR count). The maximum absolute atomic E-state index is 12.6. The zero-order valence-corrected chi connectivity index (χ0v) is 10.1. The predicted octanol–water partition coefficient (Wildman–Crippen LogP) is 2.18. The summed E-state index contributed by atoms with van der Waals surface area (Å²) in [5.74, 6) is 0. The van der Waals surface area contributed by atoms with Crippen LogP contribution in [0.1, 0.15) is 16.8 Å². The Morgan fingerprint density at radius 3 is 2.70 bits per heavy atom. The fourth-order valence-electron chi connectivity index (χ4n) is 1.65. The third-order valence-corrected chi connectivity index (χ3v) is 2.60. The molecule has 4 nitrogen and oxygen atoms in total. The van der Waals surface area contributed by atoms with Crippen molar-refractivity contribution in [2.45, 2.75) is 12.7 Å². The highest BCUT2D eigenvalue weighted by Gasteiger charge is 2.31. The molecule has 0 aliphatic carbocycles. The molecule has 0 saturated heterocycles. The SMILES string of the molecule is N#Cc1cc(Cn2cc(C(F)(F)F)ccc2=O)ccn1. The average molecular weight is 279 g/mol. The molecule has 0 amide bonds. The van der Waals surface area contributed by atoms with Gasteiger partial charge in [0.15, 0.2) is 0 Å². The summed E-state index contributed by atoms with van der Waals surface area (Å²) >= 11 is 0. The van der Waals surface area contributed by atoms with Crippen LogP contribution in [0.15, 0.2) is 41.5 Å². The average Bonchev–Trinajstić information content (AvgIpc) is 2.40. The second-order valence-corrected chi connectivity index (χ2v) is 4.04. The van der Waals surface area contributed by atoms with Crippen molar-refractivity contribution in [2.75, 3.05) is 0 Å². The van der Waals surface area contributed by atoms with Gasteiger partial charge in [0, 0.05) is 18.5 Å². The minimum Gasteiger partial charge on any atom is -0.311 e. The zero-order valence-electron chi connectivity index (χ0n) is 10.1. The Balaban J connectivity index is 2.38. The van der Waals surface area contributed by atoms with E-state index in [1.807, 2.05) is 6.07 Å². The number of halogens is 3.